The Hall–Kier alpha value is -2.04. The van der Waals surface area contributed by atoms with Crippen LogP contribution < -0.4 is 4.57 Å². The number of ketones is 2. The Bertz CT molecular complexity index is 681. The molecular weight excluding hydrogens is 300 g/mol. The van der Waals surface area contributed by atoms with Gasteiger partial charge in [-0.25, -0.2) is 0 Å². The van der Waals surface area contributed by atoms with E-state index in [9.17, 15) is 9.59 Å². The Morgan fingerprint density at radius 2 is 1.73 bits per heavy atom. The lowest BCUT2D eigenvalue weighted by atomic mass is 10.1. The molecule has 4 nitrogen and oxygen atoms in total. The first-order valence-corrected chi connectivity index (χ1v) is 7.29. The highest BCUT2D eigenvalue weighted by Gasteiger charge is 2.15. The summed E-state index contributed by atoms with van der Waals surface area (Å²) in [5, 5.41) is 0.598. The third-order valence-corrected chi connectivity index (χ3v) is 3.38. The third-order valence-electron chi connectivity index (χ3n) is 3.13. The van der Waals surface area contributed by atoms with Crippen LogP contribution in [0.4, 0.5) is 0 Å². The van der Waals surface area contributed by atoms with Gasteiger partial charge in [-0.05, 0) is 44.4 Å². The lowest BCUT2D eigenvalue weighted by Gasteiger charge is -2.07. The number of hydrogen-bond donors (Lipinski definition) is 0. The number of aromatic nitrogens is 1. The zero-order chi connectivity index (χ0) is 16.1. The molecule has 0 saturated heterocycles. The molecule has 22 heavy (non-hydrogen) atoms. The van der Waals surface area contributed by atoms with E-state index in [4.69, 9.17) is 11.6 Å². The number of halogens is 1. The highest BCUT2D eigenvalue weighted by atomic mass is 35.5. The molecule has 0 spiro atoms. The summed E-state index contributed by atoms with van der Waals surface area (Å²) in [6.45, 7) is 0.528. The van der Waals surface area contributed by atoms with Gasteiger partial charge < -0.3 is 4.90 Å². The molecular formula is C17H18ClN2O2+. The number of likely N-dealkylation sites (N-methyl/N-ethyl adjacent to an activating group) is 1. The maximum absolute atomic E-state index is 12.2. The summed E-state index contributed by atoms with van der Waals surface area (Å²) in [7, 11) is 3.69. The van der Waals surface area contributed by atoms with Crippen molar-refractivity contribution >= 4 is 23.2 Å². The van der Waals surface area contributed by atoms with E-state index in [1.807, 2.05) is 19.0 Å². The van der Waals surface area contributed by atoms with E-state index in [0.717, 1.165) is 0 Å². The van der Waals surface area contributed by atoms with Gasteiger partial charge in [-0.1, -0.05) is 11.6 Å². The molecule has 0 atom stereocenters. The predicted octanol–water partition coefficient (Wildman–Crippen LogP) is 2.25. The smallest absolute Gasteiger partial charge is 0.227 e. The number of rotatable bonds is 6. The molecule has 1 aromatic heterocycles. The van der Waals surface area contributed by atoms with Crippen LogP contribution in [0.15, 0.2) is 48.8 Å². The fraction of sp³-hybridized carbons (Fsp3) is 0.235. The van der Waals surface area contributed by atoms with E-state index in [0.29, 0.717) is 22.7 Å². The summed E-state index contributed by atoms with van der Waals surface area (Å²) in [5.41, 5.74) is 1.20. The number of carbonyl (C=O) groups is 2. The first kappa shape index (κ1) is 16.3. The fourth-order valence-corrected chi connectivity index (χ4v) is 2.18. The van der Waals surface area contributed by atoms with E-state index < -0.39 is 0 Å². The third kappa shape index (κ3) is 4.48. The van der Waals surface area contributed by atoms with Crippen molar-refractivity contribution in [1.29, 1.82) is 0 Å². The molecule has 0 unspecified atom stereocenters. The highest BCUT2D eigenvalue weighted by Crippen LogP contribution is 2.10. The Morgan fingerprint density at radius 3 is 2.36 bits per heavy atom. The van der Waals surface area contributed by atoms with Gasteiger partial charge in [0, 0.05) is 16.7 Å². The molecule has 0 fully saturated rings. The molecule has 5 heteroatoms. The molecule has 1 heterocycles. The Labute approximate surface area is 134 Å². The summed E-state index contributed by atoms with van der Waals surface area (Å²) < 4.78 is 1.72. The van der Waals surface area contributed by atoms with Crippen LogP contribution in [0.25, 0.3) is 0 Å². The van der Waals surface area contributed by atoms with Crippen LogP contribution in [0.5, 0.6) is 0 Å². The summed E-state index contributed by atoms with van der Waals surface area (Å²) in [4.78, 5) is 26.1. The average Bonchev–Trinajstić information content (AvgIpc) is 2.47. The maximum Gasteiger partial charge on any atom is 0.227 e. The normalized spacial score (nSPS) is 10.7. The summed E-state index contributed by atoms with van der Waals surface area (Å²) in [5.74, 6) is -0.00262. The van der Waals surface area contributed by atoms with Crippen molar-refractivity contribution in [2.45, 2.75) is 6.54 Å². The number of Topliss-reactive ketones (excluding diaryl/α,β-unsaturated/α-hetero) is 2. The quantitative estimate of drug-likeness (QED) is 0.606. The molecule has 114 valence electrons. The first-order valence-electron chi connectivity index (χ1n) is 6.91. The van der Waals surface area contributed by atoms with Gasteiger partial charge in [-0.15, -0.1) is 0 Å². The van der Waals surface area contributed by atoms with Crippen LogP contribution in [0, 0.1) is 0 Å². The number of nitrogens with zero attached hydrogens (tertiary/aromatic N) is 2. The molecule has 1 aromatic carbocycles. The number of benzene rings is 1. The number of hydrogen-bond acceptors (Lipinski definition) is 3. The highest BCUT2D eigenvalue weighted by molar-refractivity contribution is 6.30. The molecule has 2 rings (SSSR count). The van der Waals surface area contributed by atoms with Crippen LogP contribution in [0.2, 0.25) is 5.02 Å². The van der Waals surface area contributed by atoms with Crippen molar-refractivity contribution in [2.24, 2.45) is 0 Å². The molecule has 0 aliphatic rings. The van der Waals surface area contributed by atoms with E-state index in [1.165, 1.54) is 0 Å². The van der Waals surface area contributed by atoms with Gasteiger partial charge in [-0.2, -0.15) is 4.57 Å². The SMILES string of the molecule is CN(C)CC(=O)c1ccc[n+](CC(=O)c2ccc(Cl)cc2)c1. The minimum Gasteiger partial charge on any atom is -0.302 e. The van der Waals surface area contributed by atoms with Gasteiger partial charge in [0.1, 0.15) is 0 Å². The van der Waals surface area contributed by atoms with Gasteiger partial charge in [-0.3, -0.25) is 9.59 Å². The Kier molecular flexibility index (Phi) is 5.41. The van der Waals surface area contributed by atoms with Gasteiger partial charge in [0.25, 0.3) is 0 Å². The molecule has 0 bridgehead atoms. The van der Waals surface area contributed by atoms with E-state index in [1.54, 1.807) is 53.4 Å². The summed E-state index contributed by atoms with van der Waals surface area (Å²) in [6.07, 6.45) is 3.49. The van der Waals surface area contributed by atoms with Gasteiger partial charge >= 0.3 is 0 Å². The molecule has 0 N–H and O–H groups in total. The Balaban J connectivity index is 2.11. The van der Waals surface area contributed by atoms with Crippen molar-refractivity contribution in [2.75, 3.05) is 20.6 Å². The van der Waals surface area contributed by atoms with E-state index in [2.05, 4.69) is 0 Å². The maximum atomic E-state index is 12.2. The molecule has 0 aliphatic carbocycles. The first-order chi connectivity index (χ1) is 10.5. The monoisotopic (exact) mass is 317 g/mol. The van der Waals surface area contributed by atoms with Crippen LogP contribution in [-0.2, 0) is 6.54 Å². The second-order valence-electron chi connectivity index (χ2n) is 5.36. The topological polar surface area (TPSA) is 41.3 Å². The minimum absolute atomic E-state index is 0.0262. The van der Waals surface area contributed by atoms with Crippen molar-refractivity contribution in [1.82, 2.24) is 4.90 Å². The number of pyridine rings is 1. The van der Waals surface area contributed by atoms with Gasteiger partial charge in [0.05, 0.1) is 12.1 Å². The standard InChI is InChI=1S/C17H18ClN2O2/c1-19(2)11-16(21)14-4-3-9-20(10-14)12-17(22)13-5-7-15(18)8-6-13/h3-10H,11-12H2,1-2H3/q+1. The zero-order valence-electron chi connectivity index (χ0n) is 12.6. The van der Waals surface area contributed by atoms with Crippen molar-refractivity contribution in [3.05, 3.63) is 64.9 Å². The van der Waals surface area contributed by atoms with Crippen molar-refractivity contribution in [3.8, 4) is 0 Å². The van der Waals surface area contributed by atoms with Crippen LogP contribution in [-0.4, -0.2) is 37.1 Å². The summed E-state index contributed by atoms with van der Waals surface area (Å²) in [6, 6.07) is 10.3. The van der Waals surface area contributed by atoms with E-state index >= 15 is 0 Å². The van der Waals surface area contributed by atoms with Crippen LogP contribution >= 0.6 is 11.6 Å². The average molecular weight is 318 g/mol. The second kappa shape index (κ2) is 7.29. The second-order valence-corrected chi connectivity index (χ2v) is 5.79. The van der Waals surface area contributed by atoms with Crippen molar-refractivity contribution < 1.29 is 14.2 Å². The van der Waals surface area contributed by atoms with E-state index in [-0.39, 0.29) is 18.1 Å². The predicted molar refractivity (Wildman–Crippen MR) is 85.3 cm³/mol. The van der Waals surface area contributed by atoms with Gasteiger partial charge in [0.2, 0.25) is 12.3 Å². The summed E-state index contributed by atoms with van der Waals surface area (Å²) >= 11 is 5.82. The van der Waals surface area contributed by atoms with Crippen LogP contribution in [0.1, 0.15) is 20.7 Å². The van der Waals surface area contributed by atoms with Crippen LogP contribution in [0.3, 0.4) is 0 Å². The molecule has 0 amide bonds. The lowest BCUT2D eigenvalue weighted by molar-refractivity contribution is -0.683. The van der Waals surface area contributed by atoms with Crippen molar-refractivity contribution in [3.63, 3.8) is 0 Å². The number of carbonyl (C=O) groups excluding carboxylic acids is 2. The Morgan fingerprint density at radius 1 is 1.05 bits per heavy atom. The molecule has 0 aliphatic heterocycles. The fourth-order valence-electron chi connectivity index (χ4n) is 2.06. The molecule has 0 radical (unpaired) electrons. The molecule has 2 aromatic rings. The zero-order valence-corrected chi connectivity index (χ0v) is 13.4. The molecule has 0 saturated carbocycles. The lowest BCUT2D eigenvalue weighted by Crippen LogP contribution is -2.38. The minimum atomic E-state index is -0.0288. The van der Waals surface area contributed by atoms with Gasteiger partial charge in [0.15, 0.2) is 18.2 Å². The largest absolute Gasteiger partial charge is 0.302 e.